The summed E-state index contributed by atoms with van der Waals surface area (Å²) in [6.45, 7) is 6.97. The first-order valence-electron chi connectivity index (χ1n) is 9.36. The maximum absolute atomic E-state index is 13.2. The van der Waals surface area contributed by atoms with Crippen molar-refractivity contribution in [3.05, 3.63) is 51.7 Å². The number of benzene rings is 1. The van der Waals surface area contributed by atoms with E-state index < -0.39 is 0 Å². The van der Waals surface area contributed by atoms with E-state index in [1.807, 2.05) is 0 Å². The summed E-state index contributed by atoms with van der Waals surface area (Å²) >= 11 is 1.73. The molecule has 26 heavy (non-hydrogen) atoms. The van der Waals surface area contributed by atoms with Gasteiger partial charge in [-0.2, -0.15) is 0 Å². The van der Waals surface area contributed by atoms with Crippen LogP contribution in [0.25, 0.3) is 0 Å². The molecule has 1 aliphatic carbocycles. The number of hydrogen-bond donors (Lipinski definition) is 2. The van der Waals surface area contributed by atoms with Crippen LogP contribution in [0.1, 0.15) is 66.1 Å². The van der Waals surface area contributed by atoms with E-state index in [1.54, 1.807) is 23.5 Å². The molecule has 2 aliphatic rings. The minimum atomic E-state index is -0.307. The van der Waals surface area contributed by atoms with Crippen molar-refractivity contribution >= 4 is 22.2 Å². The predicted octanol–water partition coefficient (Wildman–Crippen LogP) is 5.28. The van der Waals surface area contributed by atoms with Gasteiger partial charge in [0.2, 0.25) is 0 Å². The minimum Gasteiger partial charge on any atom is -0.353 e. The van der Waals surface area contributed by atoms with Gasteiger partial charge in [-0.3, -0.25) is 4.79 Å². The first kappa shape index (κ1) is 17.5. The third kappa shape index (κ3) is 2.92. The van der Waals surface area contributed by atoms with E-state index >= 15 is 0 Å². The van der Waals surface area contributed by atoms with E-state index in [4.69, 9.17) is 0 Å². The van der Waals surface area contributed by atoms with Crippen molar-refractivity contribution in [3.8, 4) is 0 Å². The second-order valence-corrected chi connectivity index (χ2v) is 9.20. The Bertz CT molecular complexity index is 840. The summed E-state index contributed by atoms with van der Waals surface area (Å²) in [7, 11) is 0. The van der Waals surface area contributed by atoms with Crippen molar-refractivity contribution in [1.29, 1.82) is 0 Å². The topological polar surface area (TPSA) is 41.1 Å². The van der Waals surface area contributed by atoms with Gasteiger partial charge in [0, 0.05) is 4.88 Å². The standard InChI is InChI=1S/C21H25FN2OS/c1-4-21(2,3)13-7-10-15-16(11-13)26-20-17(15)19(25)23-18(24-20)12-5-8-14(22)9-6-12/h5-6,8-9,13,18,24H,4,7,10-11H2,1-3H3,(H,23,25)/t13-,18+/m1/s1. The molecule has 2 heterocycles. The number of amides is 1. The predicted molar refractivity (Wildman–Crippen MR) is 104 cm³/mol. The van der Waals surface area contributed by atoms with E-state index in [2.05, 4.69) is 31.4 Å². The summed E-state index contributed by atoms with van der Waals surface area (Å²) in [6.07, 6.45) is 4.05. The third-order valence-corrected chi connectivity index (χ3v) is 7.45. The lowest BCUT2D eigenvalue weighted by Crippen LogP contribution is -2.38. The molecule has 138 valence electrons. The molecule has 0 fully saturated rings. The smallest absolute Gasteiger partial charge is 0.256 e. The lowest BCUT2D eigenvalue weighted by Gasteiger charge is -2.36. The molecule has 3 nitrogen and oxygen atoms in total. The molecule has 1 aromatic carbocycles. The highest BCUT2D eigenvalue weighted by Crippen LogP contribution is 2.46. The molecule has 0 unspecified atom stereocenters. The van der Waals surface area contributed by atoms with Gasteiger partial charge < -0.3 is 10.6 Å². The van der Waals surface area contributed by atoms with Gasteiger partial charge in [-0.15, -0.1) is 11.3 Å². The molecule has 2 atom stereocenters. The average Bonchev–Trinajstić information content (AvgIpc) is 3.00. The van der Waals surface area contributed by atoms with Crippen LogP contribution in [-0.4, -0.2) is 5.91 Å². The van der Waals surface area contributed by atoms with E-state index in [0.717, 1.165) is 35.4 Å². The largest absolute Gasteiger partial charge is 0.353 e. The number of rotatable bonds is 3. The fraction of sp³-hybridized carbons (Fsp3) is 0.476. The zero-order valence-corrected chi connectivity index (χ0v) is 16.3. The summed E-state index contributed by atoms with van der Waals surface area (Å²) in [4.78, 5) is 14.1. The molecule has 2 aromatic rings. The zero-order valence-electron chi connectivity index (χ0n) is 15.5. The summed E-state index contributed by atoms with van der Waals surface area (Å²) in [5, 5.41) is 7.44. The lowest BCUT2D eigenvalue weighted by molar-refractivity contribution is 0.0934. The van der Waals surface area contributed by atoms with Crippen molar-refractivity contribution in [2.45, 2.75) is 52.6 Å². The van der Waals surface area contributed by atoms with Crippen LogP contribution in [0.3, 0.4) is 0 Å². The summed E-state index contributed by atoms with van der Waals surface area (Å²) in [5.41, 5.74) is 3.25. The molecule has 0 spiro atoms. The Morgan fingerprint density at radius 1 is 1.23 bits per heavy atom. The SMILES string of the molecule is CCC(C)(C)[C@@H]1CCc2c(sc3c2C(=O)N[C@H](c2ccc(F)cc2)N3)C1. The Hall–Kier alpha value is -1.88. The molecule has 0 bridgehead atoms. The zero-order chi connectivity index (χ0) is 18.5. The number of anilines is 1. The number of halogens is 1. The lowest BCUT2D eigenvalue weighted by atomic mass is 9.69. The van der Waals surface area contributed by atoms with Crippen molar-refractivity contribution in [2.24, 2.45) is 11.3 Å². The number of nitrogens with one attached hydrogen (secondary N) is 2. The highest BCUT2D eigenvalue weighted by atomic mass is 32.1. The van der Waals surface area contributed by atoms with Crippen molar-refractivity contribution < 1.29 is 9.18 Å². The molecule has 1 aromatic heterocycles. The molecule has 1 amide bonds. The van der Waals surface area contributed by atoms with E-state index in [-0.39, 0.29) is 17.9 Å². The minimum absolute atomic E-state index is 0.0150. The van der Waals surface area contributed by atoms with Gasteiger partial charge in [-0.1, -0.05) is 39.3 Å². The van der Waals surface area contributed by atoms with Gasteiger partial charge in [-0.25, -0.2) is 4.39 Å². The maximum atomic E-state index is 13.2. The fourth-order valence-electron chi connectivity index (χ4n) is 4.08. The summed E-state index contributed by atoms with van der Waals surface area (Å²) in [5.74, 6) is 0.377. The van der Waals surface area contributed by atoms with Crippen LogP contribution in [0.2, 0.25) is 0 Å². The van der Waals surface area contributed by atoms with Crippen molar-refractivity contribution in [3.63, 3.8) is 0 Å². The van der Waals surface area contributed by atoms with Crippen LogP contribution in [0.4, 0.5) is 9.39 Å². The van der Waals surface area contributed by atoms with E-state index in [1.165, 1.54) is 29.0 Å². The number of carbonyl (C=O) groups is 1. The highest BCUT2D eigenvalue weighted by molar-refractivity contribution is 7.16. The van der Waals surface area contributed by atoms with Gasteiger partial charge in [-0.05, 0) is 53.9 Å². The van der Waals surface area contributed by atoms with Crippen LogP contribution in [-0.2, 0) is 12.8 Å². The van der Waals surface area contributed by atoms with Crippen LogP contribution >= 0.6 is 11.3 Å². The van der Waals surface area contributed by atoms with Crippen LogP contribution in [0.5, 0.6) is 0 Å². The molecule has 2 N–H and O–H groups in total. The van der Waals surface area contributed by atoms with Crippen molar-refractivity contribution in [2.75, 3.05) is 5.32 Å². The normalized spacial score (nSPS) is 22.2. The molecule has 0 saturated carbocycles. The Balaban J connectivity index is 1.63. The maximum Gasteiger partial charge on any atom is 0.256 e. The van der Waals surface area contributed by atoms with Crippen molar-refractivity contribution in [1.82, 2.24) is 5.32 Å². The quantitative estimate of drug-likeness (QED) is 0.769. The van der Waals surface area contributed by atoms with Gasteiger partial charge >= 0.3 is 0 Å². The first-order chi connectivity index (χ1) is 12.4. The van der Waals surface area contributed by atoms with Gasteiger partial charge in [0.1, 0.15) is 17.0 Å². The number of hydrogen-bond acceptors (Lipinski definition) is 3. The van der Waals surface area contributed by atoms with Gasteiger partial charge in [0.15, 0.2) is 0 Å². The summed E-state index contributed by atoms with van der Waals surface area (Å²) in [6, 6.07) is 6.28. The monoisotopic (exact) mass is 372 g/mol. The molecular formula is C21H25FN2OS. The Kier molecular flexibility index (Phi) is 4.30. The Morgan fingerprint density at radius 3 is 2.65 bits per heavy atom. The third-order valence-electron chi connectivity index (χ3n) is 6.26. The van der Waals surface area contributed by atoms with Crippen LogP contribution in [0, 0.1) is 17.2 Å². The van der Waals surface area contributed by atoms with E-state index in [9.17, 15) is 9.18 Å². The molecule has 1 aliphatic heterocycles. The number of thiophene rings is 1. The average molecular weight is 373 g/mol. The highest BCUT2D eigenvalue weighted by Gasteiger charge is 2.37. The molecule has 0 radical (unpaired) electrons. The van der Waals surface area contributed by atoms with Gasteiger partial charge in [0.25, 0.3) is 5.91 Å². The molecular weight excluding hydrogens is 347 g/mol. The van der Waals surface area contributed by atoms with Crippen LogP contribution < -0.4 is 10.6 Å². The number of fused-ring (bicyclic) bond motifs is 3. The second kappa shape index (κ2) is 6.38. The fourth-order valence-corrected chi connectivity index (χ4v) is 5.43. The first-order valence-corrected chi connectivity index (χ1v) is 10.2. The molecule has 5 heteroatoms. The van der Waals surface area contributed by atoms with Gasteiger partial charge in [0.05, 0.1) is 5.56 Å². The number of carbonyl (C=O) groups excluding carboxylic acids is 1. The second-order valence-electron chi connectivity index (χ2n) is 8.09. The molecule has 4 rings (SSSR count). The Morgan fingerprint density at radius 2 is 1.96 bits per heavy atom. The Labute approximate surface area is 158 Å². The van der Waals surface area contributed by atoms with Crippen LogP contribution in [0.15, 0.2) is 24.3 Å². The van der Waals surface area contributed by atoms with E-state index in [0.29, 0.717) is 11.3 Å². The summed E-state index contributed by atoms with van der Waals surface area (Å²) < 4.78 is 13.2. The molecule has 0 saturated heterocycles.